The average molecular weight is 267 g/mol. The Kier molecular flexibility index (Phi) is 4.77. The van der Waals surface area contributed by atoms with Gasteiger partial charge in [-0.1, -0.05) is 18.6 Å². The van der Waals surface area contributed by atoms with Crippen LogP contribution in [0.25, 0.3) is 0 Å². The van der Waals surface area contributed by atoms with Gasteiger partial charge in [-0.05, 0) is 38.4 Å². The number of piperidine rings is 1. The van der Waals surface area contributed by atoms with Crippen LogP contribution in [0.15, 0.2) is 24.3 Å². The Hall–Kier alpha value is -1.13. The average Bonchev–Trinajstić information content (AvgIpc) is 2.43. The second-order valence-electron chi connectivity index (χ2n) is 5.38. The van der Waals surface area contributed by atoms with Crippen LogP contribution in [0.4, 0.5) is 4.39 Å². The second kappa shape index (κ2) is 6.35. The Morgan fingerprint density at radius 1 is 1.37 bits per heavy atom. The Morgan fingerprint density at radius 2 is 2.16 bits per heavy atom. The van der Waals surface area contributed by atoms with E-state index in [1.54, 1.807) is 18.2 Å². The number of hydrogen-bond donors (Lipinski definition) is 1. The standard InChI is InChI=1S/C15H22FNO2/c1-15(12-18)8-4-5-9-17(15)10-11-19-14-7-3-2-6-13(14)16/h2-3,6-7,18H,4-5,8-12H2,1H3/t15-/m1/s1. The molecule has 2 rings (SSSR count). The summed E-state index contributed by atoms with van der Waals surface area (Å²) in [6.45, 7) is 4.36. The fourth-order valence-corrected chi connectivity index (χ4v) is 2.62. The van der Waals surface area contributed by atoms with E-state index in [-0.39, 0.29) is 18.0 Å². The van der Waals surface area contributed by atoms with Crippen molar-refractivity contribution in [3.8, 4) is 5.75 Å². The van der Waals surface area contributed by atoms with E-state index in [4.69, 9.17) is 4.74 Å². The number of likely N-dealkylation sites (tertiary alicyclic amines) is 1. The molecule has 1 aliphatic rings. The van der Waals surface area contributed by atoms with E-state index >= 15 is 0 Å². The first kappa shape index (κ1) is 14.3. The molecule has 0 aliphatic carbocycles. The van der Waals surface area contributed by atoms with Gasteiger partial charge in [0, 0.05) is 12.1 Å². The molecule has 1 fully saturated rings. The number of ether oxygens (including phenoxy) is 1. The van der Waals surface area contributed by atoms with Gasteiger partial charge in [-0.3, -0.25) is 4.90 Å². The maximum absolute atomic E-state index is 13.4. The molecule has 0 unspecified atom stereocenters. The third-order valence-corrected chi connectivity index (χ3v) is 3.95. The van der Waals surface area contributed by atoms with Crippen molar-refractivity contribution in [2.75, 3.05) is 26.3 Å². The van der Waals surface area contributed by atoms with Crippen LogP contribution in [0.5, 0.6) is 5.75 Å². The third-order valence-electron chi connectivity index (χ3n) is 3.95. The van der Waals surface area contributed by atoms with Crippen LogP contribution in [0.3, 0.4) is 0 Å². The first-order valence-corrected chi connectivity index (χ1v) is 6.89. The molecular weight excluding hydrogens is 245 g/mol. The molecule has 0 radical (unpaired) electrons. The van der Waals surface area contributed by atoms with E-state index in [9.17, 15) is 9.50 Å². The summed E-state index contributed by atoms with van der Waals surface area (Å²) in [6, 6.07) is 6.44. The first-order valence-electron chi connectivity index (χ1n) is 6.89. The quantitative estimate of drug-likeness (QED) is 0.889. The number of halogens is 1. The van der Waals surface area contributed by atoms with Crippen LogP contribution in [0, 0.1) is 5.82 Å². The molecule has 1 aliphatic heterocycles. The second-order valence-corrected chi connectivity index (χ2v) is 5.38. The zero-order valence-electron chi connectivity index (χ0n) is 11.4. The minimum absolute atomic E-state index is 0.156. The number of hydrogen-bond acceptors (Lipinski definition) is 3. The lowest BCUT2D eigenvalue weighted by Crippen LogP contribution is -2.53. The zero-order valence-corrected chi connectivity index (χ0v) is 11.4. The lowest BCUT2D eigenvalue weighted by Gasteiger charge is -2.43. The van der Waals surface area contributed by atoms with Crippen molar-refractivity contribution in [1.82, 2.24) is 4.90 Å². The van der Waals surface area contributed by atoms with E-state index in [0.29, 0.717) is 18.9 Å². The molecule has 0 spiro atoms. The lowest BCUT2D eigenvalue weighted by molar-refractivity contribution is 0.00448. The molecule has 1 heterocycles. The van der Waals surface area contributed by atoms with Gasteiger partial charge >= 0.3 is 0 Å². The number of nitrogens with zero attached hydrogens (tertiary/aromatic N) is 1. The first-order chi connectivity index (χ1) is 9.15. The number of aliphatic hydroxyl groups is 1. The maximum atomic E-state index is 13.4. The molecule has 0 aromatic heterocycles. The summed E-state index contributed by atoms with van der Waals surface area (Å²) >= 11 is 0. The fourth-order valence-electron chi connectivity index (χ4n) is 2.62. The number of benzene rings is 1. The highest BCUT2D eigenvalue weighted by atomic mass is 19.1. The highest BCUT2D eigenvalue weighted by Crippen LogP contribution is 2.27. The van der Waals surface area contributed by atoms with E-state index < -0.39 is 0 Å². The van der Waals surface area contributed by atoms with Gasteiger partial charge in [0.1, 0.15) is 6.61 Å². The monoisotopic (exact) mass is 267 g/mol. The van der Waals surface area contributed by atoms with Crippen molar-refractivity contribution in [1.29, 1.82) is 0 Å². The van der Waals surface area contributed by atoms with Crippen LogP contribution in [0.1, 0.15) is 26.2 Å². The Bertz CT molecular complexity index is 413. The summed E-state index contributed by atoms with van der Waals surface area (Å²) in [7, 11) is 0. The maximum Gasteiger partial charge on any atom is 0.165 e. The highest BCUT2D eigenvalue weighted by molar-refractivity contribution is 5.23. The third kappa shape index (κ3) is 3.45. The minimum Gasteiger partial charge on any atom is -0.489 e. The van der Waals surface area contributed by atoms with Crippen molar-refractivity contribution >= 4 is 0 Å². The molecule has 1 N–H and O–H groups in total. The summed E-state index contributed by atoms with van der Waals surface area (Å²) in [5.74, 6) is -0.0312. The molecule has 0 saturated carbocycles. The van der Waals surface area contributed by atoms with Gasteiger partial charge in [0.2, 0.25) is 0 Å². The minimum atomic E-state index is -0.328. The van der Waals surface area contributed by atoms with E-state index in [0.717, 1.165) is 25.8 Å². The fraction of sp³-hybridized carbons (Fsp3) is 0.600. The van der Waals surface area contributed by atoms with Gasteiger partial charge in [0.25, 0.3) is 0 Å². The number of para-hydroxylation sites is 1. The molecule has 19 heavy (non-hydrogen) atoms. The normalized spacial score (nSPS) is 24.4. The summed E-state index contributed by atoms with van der Waals surface area (Å²) in [6.07, 6.45) is 3.31. The topological polar surface area (TPSA) is 32.7 Å². The Balaban J connectivity index is 1.86. The van der Waals surface area contributed by atoms with Gasteiger partial charge in [0.05, 0.1) is 6.61 Å². The smallest absolute Gasteiger partial charge is 0.165 e. The highest BCUT2D eigenvalue weighted by Gasteiger charge is 2.33. The predicted molar refractivity (Wildman–Crippen MR) is 72.8 cm³/mol. The van der Waals surface area contributed by atoms with Crippen molar-refractivity contribution in [3.63, 3.8) is 0 Å². The Labute approximate surface area is 114 Å². The molecule has 1 saturated heterocycles. The van der Waals surface area contributed by atoms with Crippen molar-refractivity contribution in [3.05, 3.63) is 30.1 Å². The molecule has 1 aromatic carbocycles. The van der Waals surface area contributed by atoms with Crippen LogP contribution in [0.2, 0.25) is 0 Å². The summed E-state index contributed by atoms with van der Waals surface area (Å²) in [5.41, 5.74) is -0.156. The van der Waals surface area contributed by atoms with Crippen LogP contribution in [-0.2, 0) is 0 Å². The molecule has 0 amide bonds. The van der Waals surface area contributed by atoms with Crippen LogP contribution in [-0.4, -0.2) is 41.8 Å². The summed E-state index contributed by atoms with van der Waals surface area (Å²) in [5, 5.41) is 9.54. The number of rotatable bonds is 5. The molecule has 0 bridgehead atoms. The van der Waals surface area contributed by atoms with Crippen LogP contribution < -0.4 is 4.74 Å². The zero-order chi connectivity index (χ0) is 13.7. The SMILES string of the molecule is C[C@]1(CO)CCCCN1CCOc1ccccc1F. The lowest BCUT2D eigenvalue weighted by atomic mass is 9.89. The van der Waals surface area contributed by atoms with Gasteiger partial charge in [-0.25, -0.2) is 4.39 Å². The van der Waals surface area contributed by atoms with Gasteiger partial charge in [-0.15, -0.1) is 0 Å². The van der Waals surface area contributed by atoms with Crippen molar-refractivity contribution < 1.29 is 14.2 Å². The van der Waals surface area contributed by atoms with E-state index in [2.05, 4.69) is 11.8 Å². The molecular formula is C15H22FNO2. The van der Waals surface area contributed by atoms with Crippen molar-refractivity contribution in [2.24, 2.45) is 0 Å². The van der Waals surface area contributed by atoms with E-state index in [1.807, 2.05) is 0 Å². The molecule has 106 valence electrons. The van der Waals surface area contributed by atoms with Crippen molar-refractivity contribution in [2.45, 2.75) is 31.7 Å². The molecule has 1 aromatic rings. The largest absolute Gasteiger partial charge is 0.489 e. The van der Waals surface area contributed by atoms with Gasteiger partial charge in [0.15, 0.2) is 11.6 Å². The summed E-state index contributed by atoms with van der Waals surface area (Å²) < 4.78 is 18.9. The van der Waals surface area contributed by atoms with Gasteiger partial charge in [-0.2, -0.15) is 0 Å². The molecule has 4 heteroatoms. The Morgan fingerprint density at radius 3 is 2.89 bits per heavy atom. The predicted octanol–water partition coefficient (Wildman–Crippen LogP) is 2.44. The molecule has 1 atom stereocenters. The van der Waals surface area contributed by atoms with Crippen LogP contribution >= 0.6 is 0 Å². The number of aliphatic hydroxyl groups excluding tert-OH is 1. The van der Waals surface area contributed by atoms with E-state index in [1.165, 1.54) is 6.07 Å². The molecule has 3 nitrogen and oxygen atoms in total. The van der Waals surface area contributed by atoms with Gasteiger partial charge < -0.3 is 9.84 Å². The summed E-state index contributed by atoms with van der Waals surface area (Å²) in [4.78, 5) is 2.25.